The van der Waals surface area contributed by atoms with E-state index in [0.717, 1.165) is 37.0 Å². The summed E-state index contributed by atoms with van der Waals surface area (Å²) in [6.45, 7) is 11.3. The summed E-state index contributed by atoms with van der Waals surface area (Å²) in [5.74, 6) is 1.04. The van der Waals surface area contributed by atoms with Crippen molar-refractivity contribution in [3.8, 4) is 5.75 Å². The zero-order chi connectivity index (χ0) is 22.6. The highest BCUT2D eigenvalue weighted by Crippen LogP contribution is 2.52. The number of methoxy groups -OCH3 is 1. The summed E-state index contributed by atoms with van der Waals surface area (Å²) >= 11 is 0. The molecule has 2 heterocycles. The third kappa shape index (κ3) is 3.86. The maximum Gasteiger partial charge on any atom is 0.223 e. The summed E-state index contributed by atoms with van der Waals surface area (Å²) in [5, 5.41) is 0.109. The number of amides is 1. The van der Waals surface area contributed by atoms with E-state index < -0.39 is 8.32 Å². The Kier molecular flexibility index (Phi) is 5.62. The summed E-state index contributed by atoms with van der Waals surface area (Å²) < 4.78 is 12.1. The number of ketones is 1. The zero-order valence-corrected chi connectivity index (χ0v) is 20.9. The van der Waals surface area contributed by atoms with Crippen LogP contribution >= 0.6 is 0 Å². The SMILES string of the molecule is COc1ccc(CC2C(=O)C3CC4(CCC(=O)N24)CCC3O[Si](C)(C)C(C)(C)C)cc1. The van der Waals surface area contributed by atoms with Gasteiger partial charge < -0.3 is 14.1 Å². The second-order valence-corrected chi connectivity index (χ2v) is 16.0. The van der Waals surface area contributed by atoms with E-state index in [4.69, 9.17) is 9.16 Å². The van der Waals surface area contributed by atoms with E-state index in [1.54, 1.807) is 7.11 Å². The van der Waals surface area contributed by atoms with Crippen LogP contribution in [0.4, 0.5) is 0 Å². The van der Waals surface area contributed by atoms with E-state index in [2.05, 4.69) is 33.9 Å². The van der Waals surface area contributed by atoms with E-state index in [1.807, 2.05) is 29.2 Å². The van der Waals surface area contributed by atoms with Crippen molar-refractivity contribution in [3.63, 3.8) is 0 Å². The van der Waals surface area contributed by atoms with E-state index in [1.165, 1.54) is 0 Å². The molecule has 1 aromatic rings. The zero-order valence-electron chi connectivity index (χ0n) is 19.9. The van der Waals surface area contributed by atoms with Crippen LogP contribution in [0.2, 0.25) is 18.1 Å². The van der Waals surface area contributed by atoms with Crippen LogP contribution in [0.3, 0.4) is 0 Å². The largest absolute Gasteiger partial charge is 0.497 e. The molecular formula is C25H37NO4Si. The lowest BCUT2D eigenvalue weighted by molar-refractivity contribution is -0.159. The number of nitrogens with zero attached hydrogens (tertiary/aromatic N) is 1. The summed E-state index contributed by atoms with van der Waals surface area (Å²) in [6.07, 6.45) is 4.59. The maximum absolute atomic E-state index is 13.8. The Hall–Kier alpha value is -1.66. The highest BCUT2D eigenvalue weighted by atomic mass is 28.4. The predicted octanol–water partition coefficient (Wildman–Crippen LogP) is 4.74. The number of Topliss-reactive ketones (excluding diaryl/α,β-unsaturated/α-hetero) is 1. The molecule has 0 N–H and O–H groups in total. The van der Waals surface area contributed by atoms with Crippen molar-refractivity contribution >= 4 is 20.0 Å². The number of hydrogen-bond donors (Lipinski definition) is 0. The van der Waals surface area contributed by atoms with Gasteiger partial charge in [-0.2, -0.15) is 0 Å². The number of hydrogen-bond acceptors (Lipinski definition) is 4. The minimum absolute atomic E-state index is 0.0183. The standard InChI is InChI=1S/C25H37NO4Si/c1-24(2,3)31(5,6)30-21-11-13-25-14-12-22(27)26(25)20(23(28)19(21)16-25)15-17-7-9-18(29-4)10-8-17/h7-10,19-21H,11-16H2,1-6H3. The van der Waals surface area contributed by atoms with Crippen molar-refractivity contribution in [2.75, 3.05) is 7.11 Å². The summed E-state index contributed by atoms with van der Waals surface area (Å²) in [7, 11) is -0.332. The minimum atomic E-state index is -1.98. The average Bonchev–Trinajstić information content (AvgIpc) is 3.02. The normalized spacial score (nSPS) is 31.0. The van der Waals surface area contributed by atoms with Gasteiger partial charge in [0.1, 0.15) is 5.75 Å². The second kappa shape index (κ2) is 7.73. The Bertz CT molecular complexity index is 859. The molecule has 1 spiro atoms. The number of ether oxygens (including phenoxy) is 1. The molecule has 6 heteroatoms. The molecule has 2 bridgehead atoms. The van der Waals surface area contributed by atoms with Gasteiger partial charge in [0, 0.05) is 17.9 Å². The van der Waals surface area contributed by atoms with Gasteiger partial charge in [0.05, 0.1) is 19.3 Å². The Balaban J connectivity index is 1.63. The third-order valence-electron chi connectivity index (χ3n) is 8.37. The number of rotatable bonds is 5. The molecule has 4 rings (SSSR count). The van der Waals surface area contributed by atoms with Crippen LogP contribution in [0.25, 0.3) is 0 Å². The van der Waals surface area contributed by atoms with Crippen LogP contribution in [0.5, 0.6) is 5.75 Å². The Morgan fingerprint density at radius 1 is 1.13 bits per heavy atom. The molecule has 1 aromatic carbocycles. The van der Waals surface area contributed by atoms with Crippen molar-refractivity contribution in [3.05, 3.63) is 29.8 Å². The maximum atomic E-state index is 13.8. The lowest BCUT2D eigenvalue weighted by atomic mass is 9.66. The smallest absolute Gasteiger partial charge is 0.223 e. The molecule has 2 saturated heterocycles. The monoisotopic (exact) mass is 443 g/mol. The van der Waals surface area contributed by atoms with Crippen LogP contribution in [0.15, 0.2) is 24.3 Å². The Morgan fingerprint density at radius 3 is 2.42 bits per heavy atom. The summed E-state index contributed by atoms with van der Waals surface area (Å²) in [5.41, 5.74) is 0.913. The highest BCUT2D eigenvalue weighted by Gasteiger charge is 2.60. The fourth-order valence-electron chi connectivity index (χ4n) is 5.58. The van der Waals surface area contributed by atoms with Crippen LogP contribution in [-0.2, 0) is 20.4 Å². The molecular weight excluding hydrogens is 406 g/mol. The predicted molar refractivity (Wildman–Crippen MR) is 124 cm³/mol. The van der Waals surface area contributed by atoms with Crippen LogP contribution < -0.4 is 4.74 Å². The second-order valence-electron chi connectivity index (χ2n) is 11.2. The van der Waals surface area contributed by atoms with Gasteiger partial charge in [-0.15, -0.1) is 0 Å². The first-order chi connectivity index (χ1) is 14.5. The fraction of sp³-hybridized carbons (Fsp3) is 0.680. The fourth-order valence-corrected chi connectivity index (χ4v) is 6.97. The van der Waals surface area contributed by atoms with Gasteiger partial charge in [0.2, 0.25) is 5.91 Å². The number of fused-ring (bicyclic) bond motifs is 1. The van der Waals surface area contributed by atoms with Gasteiger partial charge >= 0.3 is 0 Å². The lowest BCUT2D eigenvalue weighted by Gasteiger charge is -2.55. The highest BCUT2D eigenvalue weighted by molar-refractivity contribution is 6.74. The van der Waals surface area contributed by atoms with Crippen LogP contribution in [0, 0.1) is 5.92 Å². The molecule has 4 atom stereocenters. The molecule has 2 aliphatic heterocycles. The van der Waals surface area contributed by atoms with Gasteiger partial charge in [0.15, 0.2) is 14.1 Å². The molecule has 170 valence electrons. The quantitative estimate of drug-likeness (QED) is 0.617. The van der Waals surface area contributed by atoms with E-state index in [0.29, 0.717) is 12.8 Å². The minimum Gasteiger partial charge on any atom is -0.497 e. The van der Waals surface area contributed by atoms with Gasteiger partial charge in [-0.05, 0) is 67.9 Å². The van der Waals surface area contributed by atoms with Crippen molar-refractivity contribution < 1.29 is 18.8 Å². The van der Waals surface area contributed by atoms with Crippen molar-refractivity contribution in [1.29, 1.82) is 0 Å². The first-order valence-electron chi connectivity index (χ1n) is 11.6. The van der Waals surface area contributed by atoms with Crippen molar-refractivity contribution in [1.82, 2.24) is 4.90 Å². The van der Waals surface area contributed by atoms with Crippen molar-refractivity contribution in [2.45, 2.75) is 95.1 Å². The Morgan fingerprint density at radius 2 is 1.81 bits per heavy atom. The molecule has 0 aromatic heterocycles. The first kappa shape index (κ1) is 22.5. The summed E-state index contributed by atoms with van der Waals surface area (Å²) in [6, 6.07) is 7.48. The molecule has 4 unspecified atom stereocenters. The first-order valence-corrected chi connectivity index (χ1v) is 14.5. The number of carbonyl (C=O) groups excluding carboxylic acids is 2. The molecule has 31 heavy (non-hydrogen) atoms. The van der Waals surface area contributed by atoms with Crippen molar-refractivity contribution in [2.24, 2.45) is 5.92 Å². The van der Waals surface area contributed by atoms with Crippen LogP contribution in [0.1, 0.15) is 58.4 Å². The topological polar surface area (TPSA) is 55.8 Å². The molecule has 3 fully saturated rings. The van der Waals surface area contributed by atoms with Gasteiger partial charge in [0.25, 0.3) is 0 Å². The van der Waals surface area contributed by atoms with Gasteiger partial charge in [-0.25, -0.2) is 0 Å². The average molecular weight is 444 g/mol. The molecule has 5 nitrogen and oxygen atoms in total. The number of carbonyl (C=O) groups is 2. The van der Waals surface area contributed by atoms with Gasteiger partial charge in [-0.3, -0.25) is 9.59 Å². The van der Waals surface area contributed by atoms with E-state index in [9.17, 15) is 9.59 Å². The molecule has 1 saturated carbocycles. The van der Waals surface area contributed by atoms with Gasteiger partial charge in [-0.1, -0.05) is 32.9 Å². The molecule has 1 aliphatic carbocycles. The molecule has 0 radical (unpaired) electrons. The van der Waals surface area contributed by atoms with E-state index in [-0.39, 0.29) is 40.3 Å². The molecule has 1 amide bonds. The van der Waals surface area contributed by atoms with E-state index >= 15 is 0 Å². The van der Waals surface area contributed by atoms with Crippen LogP contribution in [-0.4, -0.2) is 49.7 Å². The summed E-state index contributed by atoms with van der Waals surface area (Å²) in [4.78, 5) is 28.7. The number of benzene rings is 1. The third-order valence-corrected chi connectivity index (χ3v) is 12.9. The number of piperidine rings is 1. The lowest BCUT2D eigenvalue weighted by Crippen LogP contribution is -2.66. The molecule has 3 aliphatic rings. The Labute approximate surface area is 187 Å².